The second kappa shape index (κ2) is 9.62. The molecule has 4 N–H and O–H groups in total. The first kappa shape index (κ1) is 20.6. The number of halogens is 3. The summed E-state index contributed by atoms with van der Waals surface area (Å²) in [6.45, 7) is 0. The van der Waals surface area contributed by atoms with E-state index in [2.05, 4.69) is 4.74 Å². The SMILES string of the molecule is COC(=O)C(O)C(N)CC1CCCCC1.O=C(O)C(F)(F)F. The summed E-state index contributed by atoms with van der Waals surface area (Å²) in [7, 11) is 1.26. The van der Waals surface area contributed by atoms with Crippen molar-refractivity contribution in [3.63, 3.8) is 0 Å². The van der Waals surface area contributed by atoms with Crippen molar-refractivity contribution in [2.75, 3.05) is 7.11 Å². The fraction of sp³-hybridized carbons (Fsp3) is 0.846. The number of aliphatic hydroxyl groups is 1. The summed E-state index contributed by atoms with van der Waals surface area (Å²) in [4.78, 5) is 19.9. The number of aliphatic hydroxyl groups excluding tert-OH is 1. The molecule has 9 heteroatoms. The zero-order chi connectivity index (χ0) is 17.3. The van der Waals surface area contributed by atoms with Crippen LogP contribution in [0.2, 0.25) is 0 Å². The Labute approximate surface area is 126 Å². The molecule has 0 heterocycles. The van der Waals surface area contributed by atoms with E-state index in [4.69, 9.17) is 15.6 Å². The molecule has 130 valence electrons. The molecule has 2 unspecified atom stereocenters. The van der Waals surface area contributed by atoms with Crippen LogP contribution >= 0.6 is 0 Å². The minimum Gasteiger partial charge on any atom is -0.475 e. The van der Waals surface area contributed by atoms with E-state index in [-0.39, 0.29) is 0 Å². The predicted molar refractivity (Wildman–Crippen MR) is 70.9 cm³/mol. The molecule has 0 spiro atoms. The molecule has 1 fully saturated rings. The summed E-state index contributed by atoms with van der Waals surface area (Å²) >= 11 is 0. The lowest BCUT2D eigenvalue weighted by Crippen LogP contribution is -2.42. The molecule has 0 aromatic carbocycles. The standard InChI is InChI=1S/C11H21NO3.C2HF3O2/c1-15-11(14)10(13)9(12)7-8-5-3-2-4-6-8;3-2(4,5)1(6)7/h8-10,13H,2-7,12H2,1H3;(H,6,7). The average molecular weight is 329 g/mol. The lowest BCUT2D eigenvalue weighted by atomic mass is 9.84. The van der Waals surface area contributed by atoms with Gasteiger partial charge in [-0.25, -0.2) is 9.59 Å². The van der Waals surface area contributed by atoms with E-state index < -0.39 is 30.3 Å². The van der Waals surface area contributed by atoms with Crippen molar-refractivity contribution in [3.05, 3.63) is 0 Å². The van der Waals surface area contributed by atoms with Crippen molar-refractivity contribution in [3.8, 4) is 0 Å². The Hall–Kier alpha value is -1.35. The number of rotatable bonds is 4. The number of alkyl halides is 3. The first-order chi connectivity index (χ1) is 10.1. The topological polar surface area (TPSA) is 110 Å². The summed E-state index contributed by atoms with van der Waals surface area (Å²) in [6.07, 6.45) is 0.583. The quantitative estimate of drug-likeness (QED) is 0.674. The lowest BCUT2D eigenvalue weighted by Gasteiger charge is -2.26. The van der Waals surface area contributed by atoms with Crippen LogP contribution < -0.4 is 5.73 Å². The molecule has 1 rings (SSSR count). The van der Waals surface area contributed by atoms with Crippen LogP contribution in [-0.4, -0.2) is 47.6 Å². The number of aliphatic carboxylic acids is 1. The molecule has 0 aromatic heterocycles. The summed E-state index contributed by atoms with van der Waals surface area (Å²) < 4.78 is 36.2. The van der Waals surface area contributed by atoms with Crippen molar-refractivity contribution < 1.29 is 37.7 Å². The highest BCUT2D eigenvalue weighted by Gasteiger charge is 2.38. The molecule has 0 amide bonds. The van der Waals surface area contributed by atoms with Crippen LogP contribution in [0.1, 0.15) is 38.5 Å². The number of hydrogen-bond donors (Lipinski definition) is 3. The third-order valence-corrected chi connectivity index (χ3v) is 3.42. The third-order valence-electron chi connectivity index (χ3n) is 3.42. The predicted octanol–water partition coefficient (Wildman–Crippen LogP) is 1.45. The Morgan fingerprint density at radius 3 is 2.09 bits per heavy atom. The van der Waals surface area contributed by atoms with Gasteiger partial charge in [-0.2, -0.15) is 13.2 Å². The van der Waals surface area contributed by atoms with Crippen LogP contribution in [0, 0.1) is 5.92 Å². The van der Waals surface area contributed by atoms with Crippen molar-refractivity contribution in [2.45, 2.75) is 56.8 Å². The Morgan fingerprint density at radius 1 is 1.27 bits per heavy atom. The second-order valence-electron chi connectivity index (χ2n) is 5.17. The van der Waals surface area contributed by atoms with Gasteiger partial charge >= 0.3 is 18.1 Å². The number of carboxylic acid groups (broad SMARTS) is 1. The summed E-state index contributed by atoms with van der Waals surface area (Å²) in [6, 6.07) is -0.486. The molecular weight excluding hydrogens is 307 g/mol. The van der Waals surface area contributed by atoms with E-state index in [0.717, 1.165) is 6.42 Å². The number of ether oxygens (including phenoxy) is 1. The fourth-order valence-corrected chi connectivity index (χ4v) is 2.23. The van der Waals surface area contributed by atoms with E-state index in [9.17, 15) is 23.1 Å². The first-order valence-corrected chi connectivity index (χ1v) is 6.91. The van der Waals surface area contributed by atoms with Crippen molar-refractivity contribution in [2.24, 2.45) is 11.7 Å². The van der Waals surface area contributed by atoms with Crippen LogP contribution in [0.4, 0.5) is 13.2 Å². The van der Waals surface area contributed by atoms with Crippen LogP contribution in [0.25, 0.3) is 0 Å². The van der Waals surface area contributed by atoms with Crippen molar-refractivity contribution in [1.82, 2.24) is 0 Å². The Balaban J connectivity index is 0.000000534. The summed E-state index contributed by atoms with van der Waals surface area (Å²) in [5.41, 5.74) is 5.77. The van der Waals surface area contributed by atoms with E-state index in [1.54, 1.807) is 0 Å². The summed E-state index contributed by atoms with van der Waals surface area (Å²) in [5.74, 6) is -2.82. The molecule has 6 nitrogen and oxygen atoms in total. The lowest BCUT2D eigenvalue weighted by molar-refractivity contribution is -0.192. The van der Waals surface area contributed by atoms with E-state index >= 15 is 0 Å². The van der Waals surface area contributed by atoms with Crippen LogP contribution in [0.15, 0.2) is 0 Å². The molecule has 0 saturated heterocycles. The maximum atomic E-state index is 11.0. The number of nitrogens with two attached hydrogens (primary N) is 1. The van der Waals surface area contributed by atoms with Gasteiger partial charge in [-0.05, 0) is 12.3 Å². The Morgan fingerprint density at radius 2 is 1.73 bits per heavy atom. The number of carboxylic acids is 1. The summed E-state index contributed by atoms with van der Waals surface area (Å²) in [5, 5.41) is 16.6. The molecule has 22 heavy (non-hydrogen) atoms. The van der Waals surface area contributed by atoms with Gasteiger partial charge in [-0.15, -0.1) is 0 Å². The Bertz CT molecular complexity index is 356. The van der Waals surface area contributed by atoms with E-state index in [1.165, 1.54) is 39.2 Å². The average Bonchev–Trinajstić information content (AvgIpc) is 2.46. The van der Waals surface area contributed by atoms with Gasteiger partial charge in [-0.1, -0.05) is 32.1 Å². The highest BCUT2D eigenvalue weighted by Crippen LogP contribution is 2.27. The minimum absolute atomic E-state index is 0.486. The van der Waals surface area contributed by atoms with Crippen LogP contribution in [-0.2, 0) is 14.3 Å². The second-order valence-corrected chi connectivity index (χ2v) is 5.17. The van der Waals surface area contributed by atoms with Crippen LogP contribution in [0.3, 0.4) is 0 Å². The number of hydrogen-bond acceptors (Lipinski definition) is 5. The molecule has 1 aliphatic carbocycles. The molecular formula is C13H22F3NO5. The molecule has 0 radical (unpaired) electrons. The maximum absolute atomic E-state index is 11.0. The van der Waals surface area contributed by atoms with Crippen molar-refractivity contribution >= 4 is 11.9 Å². The number of methoxy groups -OCH3 is 1. The molecule has 0 aromatic rings. The van der Waals surface area contributed by atoms with Gasteiger partial charge < -0.3 is 20.7 Å². The fourth-order valence-electron chi connectivity index (χ4n) is 2.23. The number of carbonyl (C=O) groups excluding carboxylic acids is 1. The van der Waals surface area contributed by atoms with Gasteiger partial charge in [0.25, 0.3) is 0 Å². The largest absolute Gasteiger partial charge is 0.490 e. The van der Waals surface area contributed by atoms with Gasteiger partial charge in [0, 0.05) is 6.04 Å². The first-order valence-electron chi connectivity index (χ1n) is 6.91. The van der Waals surface area contributed by atoms with E-state index in [0.29, 0.717) is 5.92 Å². The maximum Gasteiger partial charge on any atom is 0.490 e. The highest BCUT2D eigenvalue weighted by molar-refractivity contribution is 5.75. The Kier molecular flexibility index (Phi) is 9.03. The monoisotopic (exact) mass is 329 g/mol. The van der Waals surface area contributed by atoms with Gasteiger partial charge in [-0.3, -0.25) is 0 Å². The smallest absolute Gasteiger partial charge is 0.475 e. The molecule has 0 aliphatic heterocycles. The molecule has 2 atom stereocenters. The van der Waals surface area contributed by atoms with E-state index in [1.807, 2.05) is 0 Å². The number of carbonyl (C=O) groups is 2. The van der Waals surface area contributed by atoms with Crippen LogP contribution in [0.5, 0.6) is 0 Å². The highest BCUT2D eigenvalue weighted by atomic mass is 19.4. The number of esters is 1. The van der Waals surface area contributed by atoms with Crippen molar-refractivity contribution in [1.29, 1.82) is 0 Å². The molecule has 1 aliphatic rings. The van der Waals surface area contributed by atoms with Gasteiger partial charge in [0.05, 0.1) is 7.11 Å². The van der Waals surface area contributed by atoms with Gasteiger partial charge in [0.1, 0.15) is 0 Å². The molecule has 1 saturated carbocycles. The van der Waals surface area contributed by atoms with Gasteiger partial charge in [0.15, 0.2) is 6.10 Å². The molecule has 0 bridgehead atoms. The third kappa shape index (κ3) is 8.18. The normalized spacial score (nSPS) is 18.6. The zero-order valence-corrected chi connectivity index (χ0v) is 12.3. The zero-order valence-electron chi connectivity index (χ0n) is 12.3. The van der Waals surface area contributed by atoms with Gasteiger partial charge in [0.2, 0.25) is 0 Å². The minimum atomic E-state index is -5.08.